The van der Waals surface area contributed by atoms with Crippen molar-refractivity contribution in [2.45, 2.75) is 19.3 Å². The number of benzene rings is 8. The fraction of sp³-hybridized carbons (Fsp3) is 0.0556. The van der Waals surface area contributed by atoms with Crippen molar-refractivity contribution in [1.29, 1.82) is 0 Å². The van der Waals surface area contributed by atoms with E-state index in [1.54, 1.807) is 0 Å². The van der Waals surface area contributed by atoms with Crippen LogP contribution in [0.3, 0.4) is 0 Å². The van der Waals surface area contributed by atoms with Crippen LogP contribution >= 0.6 is 0 Å². The molecule has 0 N–H and O–H groups in total. The lowest BCUT2D eigenvalue weighted by molar-refractivity contribution is 0.661. The van der Waals surface area contributed by atoms with Crippen LogP contribution in [-0.4, -0.2) is 15.0 Å². The van der Waals surface area contributed by atoms with Gasteiger partial charge >= 0.3 is 0 Å². The average molecular weight is 728 g/mol. The van der Waals surface area contributed by atoms with Crippen molar-refractivity contribution < 1.29 is 0 Å². The molecule has 0 fully saturated rings. The summed E-state index contributed by atoms with van der Waals surface area (Å²) in [5.74, 6) is 0.710. The molecule has 0 unspecified atom stereocenters. The maximum Gasteiger partial charge on any atom is 0.160 e. The number of pyridine rings is 1. The second-order valence-corrected chi connectivity index (χ2v) is 15.6. The minimum Gasteiger partial charge on any atom is -0.256 e. The second-order valence-electron chi connectivity index (χ2n) is 15.6. The van der Waals surface area contributed by atoms with Gasteiger partial charge in [0.2, 0.25) is 0 Å². The molecule has 3 heteroatoms. The van der Waals surface area contributed by atoms with Crippen LogP contribution in [0, 0.1) is 0 Å². The van der Waals surface area contributed by atoms with Gasteiger partial charge in [0, 0.05) is 39.3 Å². The second kappa shape index (κ2) is 12.9. The topological polar surface area (TPSA) is 38.7 Å². The predicted octanol–water partition coefficient (Wildman–Crippen LogP) is 14.0. The Morgan fingerprint density at radius 3 is 1.84 bits per heavy atom. The monoisotopic (exact) mass is 727 g/mol. The number of nitrogens with zero attached hydrogens (tertiary/aromatic N) is 3. The van der Waals surface area contributed by atoms with Gasteiger partial charge in [0.1, 0.15) is 0 Å². The first-order chi connectivity index (χ1) is 28.0. The van der Waals surface area contributed by atoms with Gasteiger partial charge in [-0.2, -0.15) is 0 Å². The molecule has 0 saturated heterocycles. The Hall–Kier alpha value is -7.23. The molecule has 2 heterocycles. The lowest BCUT2D eigenvalue weighted by Gasteiger charge is -2.22. The van der Waals surface area contributed by atoms with E-state index >= 15 is 0 Å². The zero-order valence-electron chi connectivity index (χ0n) is 31.7. The minimum absolute atomic E-state index is 0.156. The molecule has 0 saturated carbocycles. The van der Waals surface area contributed by atoms with Crippen LogP contribution in [-0.2, 0) is 5.41 Å². The SMILES string of the molecule is CC1(C)c2cc3ccccc3cc2-c2c(-c3cc(-c4ccc(-c5cccc(-c6cnc7ccccc7c6)c5)c5ccccc45)nc(-c4ccccc4)n3)cccc21. The highest BCUT2D eigenvalue weighted by atomic mass is 14.9. The van der Waals surface area contributed by atoms with Gasteiger partial charge < -0.3 is 0 Å². The van der Waals surface area contributed by atoms with Crippen molar-refractivity contribution in [3.63, 3.8) is 0 Å². The van der Waals surface area contributed by atoms with E-state index in [1.807, 2.05) is 18.3 Å². The molecular weight excluding hydrogens is 691 g/mol. The van der Waals surface area contributed by atoms with Gasteiger partial charge in [0.05, 0.1) is 16.9 Å². The largest absolute Gasteiger partial charge is 0.256 e. The van der Waals surface area contributed by atoms with Crippen molar-refractivity contribution in [2.24, 2.45) is 0 Å². The van der Waals surface area contributed by atoms with E-state index in [0.29, 0.717) is 5.82 Å². The first-order valence-electron chi connectivity index (χ1n) is 19.6. The Kier molecular flexibility index (Phi) is 7.52. The van der Waals surface area contributed by atoms with Crippen LogP contribution in [0.5, 0.6) is 0 Å². The molecule has 3 nitrogen and oxygen atoms in total. The predicted molar refractivity (Wildman–Crippen MR) is 237 cm³/mol. The molecule has 0 radical (unpaired) electrons. The number of fused-ring (bicyclic) bond motifs is 6. The zero-order valence-corrected chi connectivity index (χ0v) is 31.7. The molecule has 0 amide bonds. The summed E-state index contributed by atoms with van der Waals surface area (Å²) in [6, 6.07) is 65.2. The Labute approximate surface area is 332 Å². The molecule has 2 aromatic heterocycles. The molecule has 1 aliphatic rings. The third-order valence-corrected chi connectivity index (χ3v) is 11.9. The minimum atomic E-state index is -0.156. The molecule has 0 aliphatic heterocycles. The first kappa shape index (κ1) is 33.1. The quantitative estimate of drug-likeness (QED) is 0.177. The van der Waals surface area contributed by atoms with E-state index in [1.165, 1.54) is 44.0 Å². The fourth-order valence-corrected chi connectivity index (χ4v) is 8.99. The first-order valence-corrected chi connectivity index (χ1v) is 19.6. The van der Waals surface area contributed by atoms with E-state index in [9.17, 15) is 0 Å². The standard InChI is InChI=1S/C54H37N3/c1-54(2)47-24-13-23-45(52(47)46-30-36-16-6-7-17-37(36)31-48(46)54)51-32-50(56-53(57-51)34-14-4-3-5-15-34)44-27-26-41(42-21-9-10-22-43(42)44)38-20-12-19-35(28-38)40-29-39-18-8-11-25-49(39)55-33-40/h3-33H,1-2H3. The summed E-state index contributed by atoms with van der Waals surface area (Å²) in [5, 5.41) is 5.97. The third-order valence-electron chi connectivity index (χ3n) is 11.9. The number of para-hydroxylation sites is 1. The average Bonchev–Trinajstić information content (AvgIpc) is 3.50. The zero-order chi connectivity index (χ0) is 38.1. The molecule has 0 spiro atoms. The molecule has 0 bridgehead atoms. The van der Waals surface area contributed by atoms with Crippen molar-refractivity contribution in [3.8, 4) is 67.3 Å². The van der Waals surface area contributed by atoms with Crippen LogP contribution in [0.25, 0.3) is 99.7 Å². The highest BCUT2D eigenvalue weighted by molar-refractivity contribution is 6.05. The van der Waals surface area contributed by atoms with Crippen LogP contribution in [0.15, 0.2) is 188 Å². The van der Waals surface area contributed by atoms with Gasteiger partial charge in [-0.1, -0.05) is 159 Å². The van der Waals surface area contributed by atoms with Gasteiger partial charge in [-0.25, -0.2) is 9.97 Å². The number of hydrogen-bond donors (Lipinski definition) is 0. The summed E-state index contributed by atoms with van der Waals surface area (Å²) in [6.45, 7) is 4.69. The fourth-order valence-electron chi connectivity index (χ4n) is 8.99. The van der Waals surface area contributed by atoms with Crippen LogP contribution < -0.4 is 0 Å². The van der Waals surface area contributed by atoms with E-state index < -0.39 is 0 Å². The Bertz CT molecular complexity index is 3220. The molecular formula is C54H37N3. The molecule has 268 valence electrons. The van der Waals surface area contributed by atoms with Crippen molar-refractivity contribution in [2.75, 3.05) is 0 Å². The summed E-state index contributed by atoms with van der Waals surface area (Å²) in [5.41, 5.74) is 15.6. The van der Waals surface area contributed by atoms with Gasteiger partial charge in [-0.05, 0) is 96.9 Å². The lowest BCUT2D eigenvalue weighted by atomic mass is 9.81. The number of aromatic nitrogens is 3. The molecule has 1 aliphatic carbocycles. The van der Waals surface area contributed by atoms with Crippen LogP contribution in [0.2, 0.25) is 0 Å². The molecule has 8 aromatic carbocycles. The van der Waals surface area contributed by atoms with Gasteiger partial charge in [-0.15, -0.1) is 0 Å². The Morgan fingerprint density at radius 2 is 1.02 bits per heavy atom. The molecule has 0 atom stereocenters. The number of rotatable bonds is 5. The lowest BCUT2D eigenvalue weighted by Crippen LogP contribution is -2.14. The van der Waals surface area contributed by atoms with Gasteiger partial charge in [0.15, 0.2) is 5.82 Å². The number of hydrogen-bond acceptors (Lipinski definition) is 3. The van der Waals surface area contributed by atoms with E-state index in [0.717, 1.165) is 61.1 Å². The normalized spacial score (nSPS) is 12.9. The Balaban J connectivity index is 1.09. The molecule has 57 heavy (non-hydrogen) atoms. The van der Waals surface area contributed by atoms with E-state index in [2.05, 4.69) is 184 Å². The van der Waals surface area contributed by atoms with Crippen molar-refractivity contribution >= 4 is 32.4 Å². The smallest absolute Gasteiger partial charge is 0.160 e. The summed E-state index contributed by atoms with van der Waals surface area (Å²) >= 11 is 0. The van der Waals surface area contributed by atoms with E-state index in [-0.39, 0.29) is 5.41 Å². The Morgan fingerprint density at radius 1 is 0.386 bits per heavy atom. The van der Waals surface area contributed by atoms with Crippen LogP contribution in [0.4, 0.5) is 0 Å². The molecule has 11 rings (SSSR count). The summed E-state index contributed by atoms with van der Waals surface area (Å²) < 4.78 is 0. The van der Waals surface area contributed by atoms with E-state index in [4.69, 9.17) is 15.0 Å². The van der Waals surface area contributed by atoms with Gasteiger partial charge in [-0.3, -0.25) is 4.98 Å². The summed E-state index contributed by atoms with van der Waals surface area (Å²) in [6.07, 6.45) is 1.98. The maximum atomic E-state index is 5.35. The van der Waals surface area contributed by atoms with Crippen molar-refractivity contribution in [1.82, 2.24) is 15.0 Å². The molecule has 10 aromatic rings. The summed E-state index contributed by atoms with van der Waals surface area (Å²) in [4.78, 5) is 15.4. The maximum absolute atomic E-state index is 5.35. The van der Waals surface area contributed by atoms with Crippen molar-refractivity contribution in [3.05, 3.63) is 199 Å². The third kappa shape index (κ3) is 5.46. The van der Waals surface area contributed by atoms with Gasteiger partial charge in [0.25, 0.3) is 0 Å². The van der Waals surface area contributed by atoms with Crippen LogP contribution in [0.1, 0.15) is 25.0 Å². The highest BCUT2D eigenvalue weighted by Gasteiger charge is 2.37. The summed E-state index contributed by atoms with van der Waals surface area (Å²) in [7, 11) is 0. The highest BCUT2D eigenvalue weighted by Crippen LogP contribution is 2.53.